The standard InChI is InChI=1S/C18H18Cl2N2O2S/c19-14-6-5-12(15(20)9-14)10-21-17(23)13-3-1-7-22(11-13)18(24)16-4-2-8-25-16/h2,4-6,8-9,13H,1,3,7,10-11H2,(H,21,23). The third kappa shape index (κ3) is 4.54. The number of carbonyl (C=O) groups excluding carboxylic acids is 2. The molecular formula is C18H18Cl2N2O2S. The van der Waals surface area contributed by atoms with Crippen LogP contribution in [-0.4, -0.2) is 29.8 Å². The molecule has 25 heavy (non-hydrogen) atoms. The molecule has 0 spiro atoms. The molecule has 2 aromatic rings. The van der Waals surface area contributed by atoms with Crippen molar-refractivity contribution in [2.45, 2.75) is 19.4 Å². The molecule has 0 radical (unpaired) electrons. The maximum absolute atomic E-state index is 12.5. The second-order valence-electron chi connectivity index (χ2n) is 6.02. The topological polar surface area (TPSA) is 49.4 Å². The zero-order valence-electron chi connectivity index (χ0n) is 13.5. The van der Waals surface area contributed by atoms with Crippen molar-refractivity contribution in [3.63, 3.8) is 0 Å². The van der Waals surface area contributed by atoms with Crippen molar-refractivity contribution in [1.82, 2.24) is 10.2 Å². The Hall–Kier alpha value is -1.56. The van der Waals surface area contributed by atoms with Gasteiger partial charge in [-0.1, -0.05) is 35.3 Å². The largest absolute Gasteiger partial charge is 0.352 e. The Morgan fingerprint density at radius 1 is 1.28 bits per heavy atom. The number of likely N-dealkylation sites (tertiary alicyclic amines) is 1. The van der Waals surface area contributed by atoms with Gasteiger partial charge in [-0.2, -0.15) is 0 Å². The van der Waals surface area contributed by atoms with Gasteiger partial charge in [-0.05, 0) is 42.0 Å². The van der Waals surface area contributed by atoms with Crippen LogP contribution in [0.2, 0.25) is 10.0 Å². The van der Waals surface area contributed by atoms with E-state index in [2.05, 4.69) is 5.32 Å². The lowest BCUT2D eigenvalue weighted by atomic mass is 9.97. The molecule has 2 heterocycles. The summed E-state index contributed by atoms with van der Waals surface area (Å²) in [7, 11) is 0. The van der Waals surface area contributed by atoms with Crippen LogP contribution in [0, 0.1) is 5.92 Å². The maximum atomic E-state index is 12.5. The maximum Gasteiger partial charge on any atom is 0.263 e. The molecule has 1 aromatic carbocycles. The molecule has 0 aliphatic carbocycles. The molecular weight excluding hydrogens is 379 g/mol. The lowest BCUT2D eigenvalue weighted by Crippen LogP contribution is -2.45. The van der Waals surface area contributed by atoms with Crippen LogP contribution in [0.4, 0.5) is 0 Å². The summed E-state index contributed by atoms with van der Waals surface area (Å²) < 4.78 is 0. The third-order valence-electron chi connectivity index (χ3n) is 4.28. The molecule has 1 aromatic heterocycles. The van der Waals surface area contributed by atoms with E-state index in [9.17, 15) is 9.59 Å². The monoisotopic (exact) mass is 396 g/mol. The van der Waals surface area contributed by atoms with Crippen LogP contribution in [0.15, 0.2) is 35.7 Å². The first-order valence-corrected chi connectivity index (χ1v) is 9.72. The molecule has 0 bridgehead atoms. The van der Waals surface area contributed by atoms with E-state index in [1.165, 1.54) is 11.3 Å². The van der Waals surface area contributed by atoms with E-state index in [0.717, 1.165) is 18.4 Å². The van der Waals surface area contributed by atoms with E-state index in [0.29, 0.717) is 34.6 Å². The zero-order chi connectivity index (χ0) is 17.8. The fourth-order valence-electron chi connectivity index (χ4n) is 2.92. The van der Waals surface area contributed by atoms with E-state index < -0.39 is 0 Å². The van der Waals surface area contributed by atoms with Crippen molar-refractivity contribution in [1.29, 1.82) is 0 Å². The average Bonchev–Trinajstić information content (AvgIpc) is 3.15. The molecule has 1 aliphatic heterocycles. The minimum atomic E-state index is -0.191. The first-order chi connectivity index (χ1) is 12.0. The van der Waals surface area contributed by atoms with Gasteiger partial charge in [0.15, 0.2) is 0 Å². The summed E-state index contributed by atoms with van der Waals surface area (Å²) in [6.45, 7) is 1.50. The molecule has 1 fully saturated rings. The van der Waals surface area contributed by atoms with Crippen molar-refractivity contribution < 1.29 is 9.59 Å². The van der Waals surface area contributed by atoms with Crippen LogP contribution >= 0.6 is 34.5 Å². The second-order valence-corrected chi connectivity index (χ2v) is 7.81. The minimum Gasteiger partial charge on any atom is -0.352 e. The Labute approximate surface area is 160 Å². The summed E-state index contributed by atoms with van der Waals surface area (Å²) in [6, 6.07) is 8.89. The van der Waals surface area contributed by atoms with E-state index in [1.807, 2.05) is 17.5 Å². The Balaban J connectivity index is 1.57. The summed E-state index contributed by atoms with van der Waals surface area (Å²) in [5, 5.41) is 5.91. The third-order valence-corrected chi connectivity index (χ3v) is 5.72. The van der Waals surface area contributed by atoms with E-state index in [4.69, 9.17) is 23.2 Å². The van der Waals surface area contributed by atoms with Crippen molar-refractivity contribution in [2.75, 3.05) is 13.1 Å². The molecule has 1 atom stereocenters. The molecule has 4 nitrogen and oxygen atoms in total. The molecule has 3 rings (SSSR count). The summed E-state index contributed by atoms with van der Waals surface area (Å²) in [5.74, 6) is -0.230. The van der Waals surface area contributed by atoms with Gasteiger partial charge in [0, 0.05) is 29.7 Å². The Kier molecular flexibility index (Phi) is 5.99. The molecule has 132 valence electrons. The highest BCUT2D eigenvalue weighted by Crippen LogP contribution is 2.23. The normalized spacial score (nSPS) is 17.4. The SMILES string of the molecule is O=C(NCc1ccc(Cl)cc1Cl)C1CCCN(C(=O)c2cccs2)C1. The van der Waals surface area contributed by atoms with Crippen molar-refractivity contribution in [3.05, 3.63) is 56.2 Å². The Morgan fingerprint density at radius 2 is 2.12 bits per heavy atom. The summed E-state index contributed by atoms with van der Waals surface area (Å²) >= 11 is 13.4. The highest BCUT2D eigenvalue weighted by molar-refractivity contribution is 7.12. The summed E-state index contributed by atoms with van der Waals surface area (Å²) in [4.78, 5) is 27.4. The molecule has 7 heteroatoms. The van der Waals surface area contributed by atoms with E-state index in [1.54, 1.807) is 23.1 Å². The number of hydrogen-bond donors (Lipinski definition) is 1. The van der Waals surface area contributed by atoms with Crippen LogP contribution in [-0.2, 0) is 11.3 Å². The number of piperidine rings is 1. The van der Waals surface area contributed by atoms with Gasteiger partial charge in [-0.25, -0.2) is 0 Å². The smallest absolute Gasteiger partial charge is 0.263 e. The fraction of sp³-hybridized carbons (Fsp3) is 0.333. The Morgan fingerprint density at radius 3 is 2.84 bits per heavy atom. The van der Waals surface area contributed by atoms with Crippen LogP contribution in [0.1, 0.15) is 28.1 Å². The first-order valence-electron chi connectivity index (χ1n) is 8.09. The molecule has 1 N–H and O–H groups in total. The van der Waals surface area contributed by atoms with Crippen molar-refractivity contribution >= 4 is 46.4 Å². The number of amides is 2. The van der Waals surface area contributed by atoms with Crippen molar-refractivity contribution in [3.8, 4) is 0 Å². The minimum absolute atomic E-state index is 0.00763. The molecule has 0 saturated carbocycles. The van der Waals surface area contributed by atoms with Gasteiger partial charge in [-0.15, -0.1) is 11.3 Å². The molecule has 1 aliphatic rings. The first kappa shape index (κ1) is 18.2. The molecule has 1 unspecified atom stereocenters. The van der Waals surface area contributed by atoms with E-state index in [-0.39, 0.29) is 17.7 Å². The second kappa shape index (κ2) is 8.21. The highest BCUT2D eigenvalue weighted by Gasteiger charge is 2.29. The van der Waals surface area contributed by atoms with Crippen LogP contribution in [0.5, 0.6) is 0 Å². The van der Waals surface area contributed by atoms with Gasteiger partial charge < -0.3 is 10.2 Å². The number of carbonyl (C=O) groups is 2. The van der Waals surface area contributed by atoms with E-state index >= 15 is 0 Å². The zero-order valence-corrected chi connectivity index (χ0v) is 15.8. The number of halogens is 2. The summed E-state index contributed by atoms with van der Waals surface area (Å²) in [6.07, 6.45) is 1.62. The highest BCUT2D eigenvalue weighted by atomic mass is 35.5. The Bertz CT molecular complexity index is 764. The number of rotatable bonds is 4. The number of benzene rings is 1. The number of nitrogens with one attached hydrogen (secondary N) is 1. The van der Waals surface area contributed by atoms with Gasteiger partial charge in [0.05, 0.1) is 10.8 Å². The van der Waals surface area contributed by atoms with Crippen molar-refractivity contribution in [2.24, 2.45) is 5.92 Å². The van der Waals surface area contributed by atoms with Crippen LogP contribution < -0.4 is 5.32 Å². The lowest BCUT2D eigenvalue weighted by Gasteiger charge is -2.31. The molecule has 1 saturated heterocycles. The van der Waals surface area contributed by atoms with Gasteiger partial charge in [0.1, 0.15) is 0 Å². The fourth-order valence-corrected chi connectivity index (χ4v) is 4.09. The average molecular weight is 397 g/mol. The number of hydrogen-bond acceptors (Lipinski definition) is 3. The quantitative estimate of drug-likeness (QED) is 0.840. The number of nitrogens with zero attached hydrogens (tertiary/aromatic N) is 1. The van der Waals surface area contributed by atoms with Gasteiger partial charge in [-0.3, -0.25) is 9.59 Å². The van der Waals surface area contributed by atoms with Crippen LogP contribution in [0.25, 0.3) is 0 Å². The van der Waals surface area contributed by atoms with Gasteiger partial charge in [0.2, 0.25) is 5.91 Å². The van der Waals surface area contributed by atoms with Gasteiger partial charge in [0.25, 0.3) is 5.91 Å². The number of thiophene rings is 1. The predicted molar refractivity (Wildman–Crippen MR) is 101 cm³/mol. The lowest BCUT2D eigenvalue weighted by molar-refractivity contribution is -0.126. The predicted octanol–water partition coefficient (Wildman–Crippen LogP) is 4.22. The molecule has 2 amide bonds. The summed E-state index contributed by atoms with van der Waals surface area (Å²) in [5.41, 5.74) is 0.821. The van der Waals surface area contributed by atoms with Crippen LogP contribution in [0.3, 0.4) is 0 Å². The van der Waals surface area contributed by atoms with Gasteiger partial charge >= 0.3 is 0 Å².